The van der Waals surface area contributed by atoms with Crippen LogP contribution < -0.4 is 16.8 Å². The molecule has 26 heavy (non-hydrogen) atoms. The second kappa shape index (κ2) is 6.32. The Kier molecular flexibility index (Phi) is 3.85. The Labute approximate surface area is 149 Å². The van der Waals surface area contributed by atoms with Gasteiger partial charge < -0.3 is 16.8 Å². The number of nitrogens with zero attached hydrogens (tertiary/aromatic N) is 5. The van der Waals surface area contributed by atoms with Crippen molar-refractivity contribution in [1.29, 1.82) is 0 Å². The molecule has 4 aromatic rings. The molecule has 130 valence electrons. The summed E-state index contributed by atoms with van der Waals surface area (Å²) in [6, 6.07) is 13.6. The van der Waals surface area contributed by atoms with Crippen LogP contribution in [0.5, 0.6) is 0 Å². The number of hydrogen-bond donors (Lipinski definition) is 3. The molecule has 0 fully saturated rings. The first-order valence-corrected chi connectivity index (χ1v) is 8.16. The predicted octanol–water partition coefficient (Wildman–Crippen LogP) is 2.55. The highest BCUT2D eigenvalue weighted by Gasteiger charge is 2.20. The Morgan fingerprint density at radius 2 is 1.81 bits per heavy atom. The van der Waals surface area contributed by atoms with Gasteiger partial charge in [-0.05, 0) is 31.2 Å². The number of benzene rings is 1. The van der Waals surface area contributed by atoms with Gasteiger partial charge in [-0.15, -0.1) is 0 Å². The van der Waals surface area contributed by atoms with E-state index in [2.05, 4.69) is 20.3 Å². The van der Waals surface area contributed by atoms with Crippen LogP contribution in [-0.2, 0) is 0 Å². The van der Waals surface area contributed by atoms with E-state index in [1.165, 1.54) is 6.33 Å². The fourth-order valence-electron chi connectivity index (χ4n) is 2.85. The summed E-state index contributed by atoms with van der Waals surface area (Å²) in [5.74, 6) is 1.51. The lowest BCUT2D eigenvalue weighted by Gasteiger charge is -2.17. The van der Waals surface area contributed by atoms with Gasteiger partial charge in [-0.3, -0.25) is 4.57 Å². The molecule has 4 rings (SSSR count). The number of para-hydroxylation sites is 1. The van der Waals surface area contributed by atoms with Crippen LogP contribution in [-0.4, -0.2) is 24.5 Å². The standard InChI is InChI=1S/C18H18N8/c1-11(24-16-14(19)15(20)22-10-23-16)17-25-13-8-5-9-21-18(13)26(17)12-6-3-2-4-7-12/h2-11H,19H2,1H3,(H3,20,22,23,24)/t11-/m1/s1. The first-order valence-electron chi connectivity index (χ1n) is 8.16. The van der Waals surface area contributed by atoms with E-state index in [9.17, 15) is 0 Å². The van der Waals surface area contributed by atoms with Crippen molar-refractivity contribution in [2.75, 3.05) is 16.8 Å². The highest BCUT2D eigenvalue weighted by Crippen LogP contribution is 2.28. The Morgan fingerprint density at radius 3 is 2.62 bits per heavy atom. The topological polar surface area (TPSA) is 121 Å². The summed E-state index contributed by atoms with van der Waals surface area (Å²) < 4.78 is 2.02. The fourth-order valence-corrected chi connectivity index (χ4v) is 2.85. The minimum Gasteiger partial charge on any atom is -0.393 e. The van der Waals surface area contributed by atoms with Crippen molar-refractivity contribution in [3.8, 4) is 5.69 Å². The molecule has 0 radical (unpaired) electrons. The van der Waals surface area contributed by atoms with E-state index in [1.807, 2.05) is 54.0 Å². The van der Waals surface area contributed by atoms with Crippen LogP contribution in [0.2, 0.25) is 0 Å². The van der Waals surface area contributed by atoms with E-state index >= 15 is 0 Å². The van der Waals surface area contributed by atoms with Crippen molar-refractivity contribution >= 4 is 28.5 Å². The quantitative estimate of drug-likeness (QED) is 0.519. The number of anilines is 3. The van der Waals surface area contributed by atoms with E-state index in [0.29, 0.717) is 11.5 Å². The van der Waals surface area contributed by atoms with Gasteiger partial charge in [0, 0.05) is 11.9 Å². The minimum absolute atomic E-state index is 0.194. The third kappa shape index (κ3) is 2.67. The summed E-state index contributed by atoms with van der Waals surface area (Å²) in [7, 11) is 0. The summed E-state index contributed by atoms with van der Waals surface area (Å²) in [5.41, 5.74) is 14.7. The number of nitrogen functional groups attached to an aromatic ring is 2. The molecule has 1 aromatic carbocycles. The SMILES string of the molecule is C[C@@H](Nc1ncnc(N)c1N)c1nc2cccnc2n1-c1ccccc1. The molecule has 0 aliphatic carbocycles. The first kappa shape index (κ1) is 15.8. The van der Waals surface area contributed by atoms with Gasteiger partial charge in [0.05, 0.1) is 6.04 Å². The third-order valence-corrected chi connectivity index (χ3v) is 4.11. The molecule has 0 saturated carbocycles. The average Bonchev–Trinajstić information content (AvgIpc) is 3.06. The second-order valence-corrected chi connectivity index (χ2v) is 5.87. The van der Waals surface area contributed by atoms with Gasteiger partial charge in [0.15, 0.2) is 17.3 Å². The summed E-state index contributed by atoms with van der Waals surface area (Å²) in [5, 5.41) is 3.27. The van der Waals surface area contributed by atoms with Crippen LogP contribution in [0.25, 0.3) is 16.9 Å². The average molecular weight is 346 g/mol. The number of pyridine rings is 1. The Balaban J connectivity index is 1.82. The molecule has 3 heterocycles. The van der Waals surface area contributed by atoms with Gasteiger partial charge >= 0.3 is 0 Å². The van der Waals surface area contributed by atoms with Gasteiger partial charge in [0.25, 0.3) is 0 Å². The van der Waals surface area contributed by atoms with Crippen molar-refractivity contribution in [3.63, 3.8) is 0 Å². The van der Waals surface area contributed by atoms with Crippen molar-refractivity contribution in [2.24, 2.45) is 0 Å². The number of imidazole rings is 1. The highest BCUT2D eigenvalue weighted by molar-refractivity contribution is 5.75. The van der Waals surface area contributed by atoms with Crippen LogP contribution in [0.1, 0.15) is 18.8 Å². The van der Waals surface area contributed by atoms with Crippen LogP contribution in [0.15, 0.2) is 55.0 Å². The molecular formula is C18H18N8. The lowest BCUT2D eigenvalue weighted by atomic mass is 10.2. The maximum atomic E-state index is 5.98. The molecule has 0 aliphatic rings. The number of fused-ring (bicyclic) bond motifs is 1. The van der Waals surface area contributed by atoms with E-state index in [-0.39, 0.29) is 11.9 Å². The van der Waals surface area contributed by atoms with Crippen LogP contribution in [0.3, 0.4) is 0 Å². The summed E-state index contributed by atoms with van der Waals surface area (Å²) in [6.45, 7) is 1.98. The van der Waals surface area contributed by atoms with Crippen molar-refractivity contribution in [1.82, 2.24) is 24.5 Å². The molecule has 5 N–H and O–H groups in total. The van der Waals surface area contributed by atoms with Gasteiger partial charge in [-0.1, -0.05) is 18.2 Å². The Morgan fingerprint density at radius 1 is 1.00 bits per heavy atom. The summed E-state index contributed by atoms with van der Waals surface area (Å²) in [6.07, 6.45) is 3.14. The molecule has 0 amide bonds. The molecule has 0 saturated heterocycles. The van der Waals surface area contributed by atoms with Crippen molar-refractivity contribution in [2.45, 2.75) is 13.0 Å². The number of hydrogen-bond acceptors (Lipinski definition) is 7. The fraction of sp³-hybridized carbons (Fsp3) is 0.111. The number of nitrogens with two attached hydrogens (primary N) is 2. The second-order valence-electron chi connectivity index (χ2n) is 5.87. The van der Waals surface area contributed by atoms with Crippen LogP contribution in [0.4, 0.5) is 17.3 Å². The Bertz CT molecular complexity index is 1060. The zero-order valence-corrected chi connectivity index (χ0v) is 14.2. The molecule has 0 bridgehead atoms. The predicted molar refractivity (Wildman–Crippen MR) is 102 cm³/mol. The largest absolute Gasteiger partial charge is 0.393 e. The van der Waals surface area contributed by atoms with E-state index in [1.54, 1.807) is 6.20 Å². The lowest BCUT2D eigenvalue weighted by Crippen LogP contribution is -2.16. The molecule has 8 heteroatoms. The molecule has 0 aliphatic heterocycles. The molecule has 0 unspecified atom stereocenters. The number of nitrogens with one attached hydrogen (secondary N) is 1. The van der Waals surface area contributed by atoms with Crippen molar-refractivity contribution in [3.05, 3.63) is 60.8 Å². The molecule has 3 aromatic heterocycles. The first-order chi connectivity index (χ1) is 12.6. The van der Waals surface area contributed by atoms with Gasteiger partial charge in [0.1, 0.15) is 23.4 Å². The molecule has 1 atom stereocenters. The smallest absolute Gasteiger partial charge is 0.164 e. The maximum absolute atomic E-state index is 5.98. The van der Waals surface area contributed by atoms with Gasteiger partial charge in [0.2, 0.25) is 0 Å². The maximum Gasteiger partial charge on any atom is 0.164 e. The normalized spacial score (nSPS) is 12.2. The highest BCUT2D eigenvalue weighted by atomic mass is 15.2. The van der Waals surface area contributed by atoms with Crippen LogP contribution in [0, 0.1) is 0 Å². The molecular weight excluding hydrogens is 328 g/mol. The van der Waals surface area contributed by atoms with E-state index in [0.717, 1.165) is 22.7 Å². The van der Waals surface area contributed by atoms with Gasteiger partial charge in [-0.25, -0.2) is 19.9 Å². The van der Waals surface area contributed by atoms with E-state index < -0.39 is 0 Å². The minimum atomic E-state index is -0.194. The zero-order valence-electron chi connectivity index (χ0n) is 14.2. The third-order valence-electron chi connectivity index (χ3n) is 4.11. The van der Waals surface area contributed by atoms with Gasteiger partial charge in [-0.2, -0.15) is 0 Å². The monoisotopic (exact) mass is 346 g/mol. The summed E-state index contributed by atoms with van der Waals surface area (Å²) in [4.78, 5) is 17.3. The number of aromatic nitrogens is 5. The summed E-state index contributed by atoms with van der Waals surface area (Å²) >= 11 is 0. The number of rotatable bonds is 4. The van der Waals surface area contributed by atoms with Crippen LogP contribution >= 0.6 is 0 Å². The zero-order chi connectivity index (χ0) is 18.1. The Hall–Kier alpha value is -3.68. The molecule has 0 spiro atoms. The molecule has 8 nitrogen and oxygen atoms in total. The van der Waals surface area contributed by atoms with Crippen molar-refractivity contribution < 1.29 is 0 Å². The van der Waals surface area contributed by atoms with E-state index in [4.69, 9.17) is 16.5 Å². The lowest BCUT2D eigenvalue weighted by molar-refractivity contribution is 0.766.